The molecule has 0 aliphatic rings. The Hall–Kier alpha value is -3.53. The van der Waals surface area contributed by atoms with Crippen LogP contribution in [-0.2, 0) is 13.2 Å². The summed E-state index contributed by atoms with van der Waals surface area (Å²) in [5.41, 5.74) is 0.745. The van der Waals surface area contributed by atoms with Crippen LogP contribution in [0, 0.1) is 6.92 Å². The summed E-state index contributed by atoms with van der Waals surface area (Å²) in [7, 11) is 1.91. The first-order valence-corrected chi connectivity index (χ1v) is 10.3. The second-order valence-electron chi connectivity index (χ2n) is 7.00. The molecule has 32 heavy (non-hydrogen) atoms. The summed E-state index contributed by atoms with van der Waals surface area (Å²) in [6, 6.07) is 12.1. The fraction of sp³-hybridized carbons (Fsp3) is 0.136. The van der Waals surface area contributed by atoms with E-state index in [1.165, 1.54) is 34.8 Å². The van der Waals surface area contributed by atoms with Gasteiger partial charge < -0.3 is 9.88 Å². The van der Waals surface area contributed by atoms with Crippen LogP contribution < -0.4 is 5.32 Å². The highest BCUT2D eigenvalue weighted by Gasteiger charge is 2.30. The lowest BCUT2D eigenvalue weighted by molar-refractivity contribution is -0.137. The average Bonchev–Trinajstić information content (AvgIpc) is 3.34. The van der Waals surface area contributed by atoms with E-state index in [-0.39, 0.29) is 11.3 Å². The monoisotopic (exact) mass is 457 g/mol. The number of aryl methyl sites for hydroxylation is 1. The van der Waals surface area contributed by atoms with Crippen molar-refractivity contribution in [1.29, 1.82) is 0 Å². The Morgan fingerprint density at radius 2 is 1.88 bits per heavy atom. The fourth-order valence-electron chi connectivity index (χ4n) is 3.07. The Bertz CT molecular complexity index is 1260. The van der Waals surface area contributed by atoms with Crippen molar-refractivity contribution >= 4 is 23.4 Å². The van der Waals surface area contributed by atoms with Crippen LogP contribution in [0.2, 0.25) is 0 Å². The maximum Gasteiger partial charge on any atom is 0.416 e. The lowest BCUT2D eigenvalue weighted by Crippen LogP contribution is -2.13. The van der Waals surface area contributed by atoms with Crippen molar-refractivity contribution in [2.75, 3.05) is 5.32 Å². The molecule has 0 aliphatic heterocycles. The number of carbonyl (C=O) groups is 1. The van der Waals surface area contributed by atoms with E-state index >= 15 is 0 Å². The number of amides is 1. The molecule has 0 spiro atoms. The quantitative estimate of drug-likeness (QED) is 0.440. The van der Waals surface area contributed by atoms with Gasteiger partial charge in [-0.1, -0.05) is 17.8 Å². The van der Waals surface area contributed by atoms with Crippen LogP contribution in [0.25, 0.3) is 5.69 Å². The smallest absolute Gasteiger partial charge is 0.329 e. The number of nitrogens with one attached hydrogen (secondary N) is 1. The van der Waals surface area contributed by atoms with Crippen molar-refractivity contribution in [3.8, 4) is 5.69 Å². The largest absolute Gasteiger partial charge is 0.416 e. The molecule has 0 saturated carbocycles. The van der Waals surface area contributed by atoms with E-state index in [2.05, 4.69) is 15.4 Å². The van der Waals surface area contributed by atoms with Gasteiger partial charge in [-0.15, -0.1) is 0 Å². The molecule has 4 rings (SSSR count). The van der Waals surface area contributed by atoms with E-state index < -0.39 is 17.6 Å². The molecular formula is C22H18F3N5OS. The Balaban J connectivity index is 1.49. The molecule has 164 valence electrons. The highest BCUT2D eigenvalue weighted by atomic mass is 32.2. The zero-order valence-corrected chi connectivity index (χ0v) is 17.9. The number of nitrogens with zero attached hydrogens (tertiary/aromatic N) is 4. The highest BCUT2D eigenvalue weighted by Crippen LogP contribution is 2.31. The lowest BCUT2D eigenvalue weighted by Gasteiger charge is -2.10. The van der Waals surface area contributed by atoms with Gasteiger partial charge in [0.2, 0.25) is 0 Å². The lowest BCUT2D eigenvalue weighted by atomic mass is 10.2. The summed E-state index contributed by atoms with van der Waals surface area (Å²) < 4.78 is 42.3. The number of hydrogen-bond acceptors (Lipinski definition) is 4. The van der Waals surface area contributed by atoms with Gasteiger partial charge in [0.15, 0.2) is 5.16 Å². The van der Waals surface area contributed by atoms with E-state index in [1.54, 1.807) is 25.3 Å². The van der Waals surface area contributed by atoms with Gasteiger partial charge in [-0.2, -0.15) is 18.3 Å². The number of anilines is 1. The molecule has 0 unspecified atom stereocenters. The maximum atomic E-state index is 13.0. The molecule has 0 fully saturated rings. The van der Waals surface area contributed by atoms with Gasteiger partial charge >= 0.3 is 6.18 Å². The van der Waals surface area contributed by atoms with Crippen LogP contribution in [-0.4, -0.2) is 25.2 Å². The standard InChI is InChI=1S/C22H18F3N5OS/c1-14-19(13-27-30(14)17-5-3-4-15(12-17)22(23,24)25)20(31)28-16-6-8-18(9-7-16)32-21-26-10-11-29(21)2/h3-13H,1-2H3,(H,28,31). The van der Waals surface area contributed by atoms with Gasteiger partial charge in [0.05, 0.1) is 28.7 Å². The maximum absolute atomic E-state index is 13.0. The van der Waals surface area contributed by atoms with E-state index in [0.29, 0.717) is 11.4 Å². The molecule has 2 aromatic carbocycles. The van der Waals surface area contributed by atoms with Crippen LogP contribution in [0.4, 0.5) is 18.9 Å². The van der Waals surface area contributed by atoms with E-state index in [1.807, 2.05) is 29.9 Å². The van der Waals surface area contributed by atoms with Crippen LogP contribution >= 0.6 is 11.8 Å². The zero-order valence-electron chi connectivity index (χ0n) is 17.1. The van der Waals surface area contributed by atoms with Gasteiger partial charge in [-0.05, 0) is 49.4 Å². The molecule has 0 radical (unpaired) electrons. The number of benzene rings is 2. The number of rotatable bonds is 5. The first kappa shape index (κ1) is 21.7. The summed E-state index contributed by atoms with van der Waals surface area (Å²) in [5.74, 6) is -0.398. The van der Waals surface area contributed by atoms with E-state index in [0.717, 1.165) is 22.2 Å². The van der Waals surface area contributed by atoms with Crippen LogP contribution in [0.15, 0.2) is 77.2 Å². The van der Waals surface area contributed by atoms with Crippen LogP contribution in [0.1, 0.15) is 21.6 Å². The first-order chi connectivity index (χ1) is 15.2. The minimum atomic E-state index is -4.46. The molecule has 0 saturated heterocycles. The Morgan fingerprint density at radius 1 is 1.12 bits per heavy atom. The fourth-order valence-corrected chi connectivity index (χ4v) is 3.87. The molecule has 0 atom stereocenters. The molecular weight excluding hydrogens is 439 g/mol. The predicted molar refractivity (Wildman–Crippen MR) is 115 cm³/mol. The first-order valence-electron chi connectivity index (χ1n) is 9.51. The van der Waals surface area contributed by atoms with Crippen molar-refractivity contribution in [3.05, 3.63) is 83.9 Å². The van der Waals surface area contributed by atoms with Gasteiger partial charge in [-0.25, -0.2) is 9.67 Å². The predicted octanol–water partition coefficient (Wildman–Crippen LogP) is 5.34. The molecule has 1 amide bonds. The molecule has 2 heterocycles. The molecule has 6 nitrogen and oxygen atoms in total. The van der Waals surface area contributed by atoms with Crippen molar-refractivity contribution in [1.82, 2.24) is 19.3 Å². The second kappa shape index (κ2) is 8.54. The molecule has 0 aliphatic carbocycles. The number of carbonyl (C=O) groups excluding carboxylic acids is 1. The van der Waals surface area contributed by atoms with Gasteiger partial charge in [0, 0.05) is 30.0 Å². The topological polar surface area (TPSA) is 64.7 Å². The molecule has 1 N–H and O–H groups in total. The third-order valence-electron chi connectivity index (χ3n) is 4.77. The number of imidazole rings is 1. The third kappa shape index (κ3) is 4.54. The molecule has 2 aromatic heterocycles. The summed E-state index contributed by atoms with van der Waals surface area (Å²) in [4.78, 5) is 18.0. The molecule has 4 aromatic rings. The Morgan fingerprint density at radius 3 is 2.53 bits per heavy atom. The molecule has 10 heteroatoms. The number of halogens is 3. The van der Waals surface area contributed by atoms with Crippen molar-refractivity contribution < 1.29 is 18.0 Å². The summed E-state index contributed by atoms with van der Waals surface area (Å²) in [5, 5.41) is 7.75. The number of hydrogen-bond donors (Lipinski definition) is 1. The zero-order chi connectivity index (χ0) is 22.9. The Labute approximate surface area is 186 Å². The number of aromatic nitrogens is 4. The third-order valence-corrected chi connectivity index (χ3v) is 5.85. The van der Waals surface area contributed by atoms with Gasteiger partial charge in [0.25, 0.3) is 5.91 Å². The number of alkyl halides is 3. The van der Waals surface area contributed by atoms with E-state index in [4.69, 9.17) is 0 Å². The van der Waals surface area contributed by atoms with Crippen LogP contribution in [0.5, 0.6) is 0 Å². The highest BCUT2D eigenvalue weighted by molar-refractivity contribution is 7.99. The van der Waals surface area contributed by atoms with Crippen molar-refractivity contribution in [2.24, 2.45) is 7.05 Å². The van der Waals surface area contributed by atoms with E-state index in [9.17, 15) is 18.0 Å². The minimum Gasteiger partial charge on any atom is -0.329 e. The van der Waals surface area contributed by atoms with Crippen LogP contribution in [0.3, 0.4) is 0 Å². The summed E-state index contributed by atoms with van der Waals surface area (Å²) in [6.07, 6.45) is 0.464. The molecule has 0 bridgehead atoms. The van der Waals surface area contributed by atoms with Crippen molar-refractivity contribution in [2.45, 2.75) is 23.2 Å². The minimum absolute atomic E-state index is 0.229. The van der Waals surface area contributed by atoms with Gasteiger partial charge in [0.1, 0.15) is 0 Å². The Kier molecular flexibility index (Phi) is 5.79. The van der Waals surface area contributed by atoms with Gasteiger partial charge in [-0.3, -0.25) is 4.79 Å². The summed E-state index contributed by atoms with van der Waals surface area (Å²) >= 11 is 1.50. The average molecular weight is 457 g/mol. The normalized spacial score (nSPS) is 11.5. The SMILES string of the molecule is Cc1c(C(=O)Nc2ccc(Sc3nccn3C)cc2)cnn1-c1cccc(C(F)(F)F)c1. The summed E-state index contributed by atoms with van der Waals surface area (Å²) in [6.45, 7) is 1.63. The van der Waals surface area contributed by atoms with Crippen molar-refractivity contribution in [3.63, 3.8) is 0 Å². The second-order valence-corrected chi connectivity index (χ2v) is 8.05.